The molecule has 1 amide bonds. The van der Waals surface area contributed by atoms with Gasteiger partial charge in [0.2, 0.25) is 0 Å². The largest absolute Gasteiger partial charge is 0.772 e. The van der Waals surface area contributed by atoms with E-state index in [9.17, 15) is 13.6 Å². The van der Waals surface area contributed by atoms with Gasteiger partial charge in [-0.2, -0.15) is 0 Å². The van der Waals surface area contributed by atoms with Crippen LogP contribution in [0.15, 0.2) is 0 Å². The Morgan fingerprint density at radius 1 is 1.59 bits per heavy atom. The summed E-state index contributed by atoms with van der Waals surface area (Å²) >= 11 is -2.54. The fraction of sp³-hybridized carbons (Fsp3) is 0.889. The first-order valence-electron chi connectivity index (χ1n) is 5.32. The summed E-state index contributed by atoms with van der Waals surface area (Å²) in [5, 5.41) is 8.60. The molecule has 0 aliphatic carbocycles. The van der Waals surface area contributed by atoms with Crippen molar-refractivity contribution in [3.05, 3.63) is 0 Å². The second kappa shape index (κ2) is 6.41. The van der Waals surface area contributed by atoms with Crippen LogP contribution in [0.2, 0.25) is 0 Å². The Labute approximate surface area is 102 Å². The number of amides is 1. The topological polar surface area (TPSA) is 102 Å². The van der Waals surface area contributed by atoms with Gasteiger partial charge in [-0.25, -0.2) is 5.48 Å². The highest BCUT2D eigenvalue weighted by Gasteiger charge is 2.42. The van der Waals surface area contributed by atoms with Crippen LogP contribution in [-0.2, 0) is 20.6 Å². The van der Waals surface area contributed by atoms with Crippen LogP contribution in [0.25, 0.3) is 0 Å². The maximum absolute atomic E-state index is 11.5. The third kappa shape index (κ3) is 3.23. The van der Waals surface area contributed by atoms with E-state index >= 15 is 0 Å². The van der Waals surface area contributed by atoms with Crippen molar-refractivity contribution < 1.29 is 23.5 Å². The van der Waals surface area contributed by atoms with Crippen LogP contribution in [0.5, 0.6) is 0 Å². The molecule has 1 rings (SSSR count). The molecule has 1 atom stereocenters. The van der Waals surface area contributed by atoms with Crippen LogP contribution in [0.3, 0.4) is 0 Å². The minimum absolute atomic E-state index is 0.180. The molecule has 0 aromatic rings. The number of nitrogens with one attached hydrogen (secondary N) is 1. The van der Waals surface area contributed by atoms with Gasteiger partial charge >= 0.3 is 0 Å². The zero-order chi connectivity index (χ0) is 12.9. The van der Waals surface area contributed by atoms with Gasteiger partial charge in [0.05, 0.1) is 6.61 Å². The van der Waals surface area contributed by atoms with Crippen LogP contribution in [0, 0.1) is 0 Å². The van der Waals surface area contributed by atoms with E-state index in [1.807, 2.05) is 4.90 Å². The lowest BCUT2D eigenvalue weighted by Gasteiger charge is -2.41. The summed E-state index contributed by atoms with van der Waals surface area (Å²) in [6.45, 7) is 2.26. The molecule has 0 aromatic heterocycles. The lowest BCUT2D eigenvalue weighted by atomic mass is 9.95. The third-order valence-corrected chi connectivity index (χ3v) is 4.34. The Bertz CT molecular complexity index is 291. The van der Waals surface area contributed by atoms with E-state index < -0.39 is 21.7 Å². The van der Waals surface area contributed by atoms with Crippen molar-refractivity contribution in [2.75, 3.05) is 33.4 Å². The Hall–Kier alpha value is -0.540. The van der Waals surface area contributed by atoms with Gasteiger partial charge in [0, 0.05) is 26.7 Å². The first-order chi connectivity index (χ1) is 8.06. The molecule has 1 heterocycles. The fourth-order valence-electron chi connectivity index (χ4n) is 1.93. The SMILES string of the molecule is COCCN1CCC(C(=O)NO)(S(=O)[O-])CC1. The molecule has 8 heteroatoms. The molecule has 1 saturated heterocycles. The van der Waals surface area contributed by atoms with Crippen LogP contribution < -0.4 is 5.48 Å². The highest BCUT2D eigenvalue weighted by molar-refractivity contribution is 7.81. The lowest BCUT2D eigenvalue weighted by Crippen LogP contribution is -2.56. The van der Waals surface area contributed by atoms with E-state index in [1.54, 1.807) is 7.11 Å². The van der Waals surface area contributed by atoms with E-state index in [0.717, 1.165) is 0 Å². The molecule has 1 aliphatic rings. The van der Waals surface area contributed by atoms with Gasteiger partial charge < -0.3 is 14.2 Å². The number of hydrogen-bond acceptors (Lipinski definition) is 6. The number of hydrogen-bond donors (Lipinski definition) is 2. The van der Waals surface area contributed by atoms with Gasteiger partial charge in [-0.3, -0.25) is 14.2 Å². The molecule has 1 fully saturated rings. The number of nitrogens with zero attached hydrogens (tertiary/aromatic N) is 1. The summed E-state index contributed by atoms with van der Waals surface area (Å²) in [5.74, 6) is -0.850. The number of hydroxylamine groups is 1. The molecule has 17 heavy (non-hydrogen) atoms. The molecule has 2 N–H and O–H groups in total. The summed E-state index contributed by atoms with van der Waals surface area (Å²) in [7, 11) is 1.60. The Morgan fingerprint density at radius 3 is 2.59 bits per heavy atom. The zero-order valence-corrected chi connectivity index (χ0v) is 10.5. The Morgan fingerprint density at radius 2 is 2.18 bits per heavy atom. The average Bonchev–Trinajstić information content (AvgIpc) is 2.35. The van der Waals surface area contributed by atoms with Crippen molar-refractivity contribution in [3.63, 3.8) is 0 Å². The molecular formula is C9H17N2O5S-. The maximum atomic E-state index is 11.5. The number of methoxy groups -OCH3 is 1. The number of likely N-dealkylation sites (tertiary alicyclic amines) is 1. The average molecular weight is 265 g/mol. The molecule has 100 valence electrons. The molecule has 1 unspecified atom stereocenters. The number of carbonyl (C=O) groups is 1. The van der Waals surface area contributed by atoms with Gasteiger partial charge in [0.25, 0.3) is 5.91 Å². The van der Waals surface area contributed by atoms with Crippen LogP contribution in [-0.4, -0.2) is 62.9 Å². The molecule has 7 nitrogen and oxygen atoms in total. The number of rotatable bonds is 5. The minimum atomic E-state index is -2.54. The van der Waals surface area contributed by atoms with Crippen molar-refractivity contribution in [2.24, 2.45) is 0 Å². The van der Waals surface area contributed by atoms with Gasteiger partial charge in [0.15, 0.2) is 0 Å². The smallest absolute Gasteiger partial charge is 0.261 e. The van der Waals surface area contributed by atoms with Gasteiger partial charge in [0.1, 0.15) is 4.75 Å². The summed E-state index contributed by atoms with van der Waals surface area (Å²) in [4.78, 5) is 13.5. The van der Waals surface area contributed by atoms with Gasteiger partial charge in [-0.15, -0.1) is 0 Å². The number of carbonyl (C=O) groups excluding carboxylic acids is 1. The quantitative estimate of drug-likeness (QED) is 0.370. The molecule has 0 aromatic carbocycles. The first kappa shape index (κ1) is 14.5. The predicted molar refractivity (Wildman–Crippen MR) is 59.1 cm³/mol. The Balaban J connectivity index is 2.62. The maximum Gasteiger partial charge on any atom is 0.261 e. The lowest BCUT2D eigenvalue weighted by molar-refractivity contribution is -0.133. The monoisotopic (exact) mass is 265 g/mol. The molecule has 0 bridgehead atoms. The Kier molecular flexibility index (Phi) is 5.47. The van der Waals surface area contributed by atoms with Crippen molar-refractivity contribution in [1.82, 2.24) is 10.4 Å². The van der Waals surface area contributed by atoms with Crippen molar-refractivity contribution in [2.45, 2.75) is 17.6 Å². The highest BCUT2D eigenvalue weighted by Crippen LogP contribution is 2.28. The summed E-state index contributed by atoms with van der Waals surface area (Å²) in [6, 6.07) is 0. The van der Waals surface area contributed by atoms with E-state index in [0.29, 0.717) is 26.2 Å². The normalized spacial score (nSPS) is 22.1. The number of piperidine rings is 1. The number of ether oxygens (including phenoxy) is 1. The second-order valence-electron chi connectivity index (χ2n) is 4.00. The van der Waals surface area contributed by atoms with Crippen LogP contribution in [0.4, 0.5) is 0 Å². The van der Waals surface area contributed by atoms with Crippen molar-refractivity contribution in [3.8, 4) is 0 Å². The minimum Gasteiger partial charge on any atom is -0.772 e. The highest BCUT2D eigenvalue weighted by atomic mass is 32.2. The molecular weight excluding hydrogens is 248 g/mol. The second-order valence-corrected chi connectivity index (χ2v) is 5.26. The van der Waals surface area contributed by atoms with Gasteiger partial charge in [-0.05, 0) is 23.9 Å². The van der Waals surface area contributed by atoms with Crippen LogP contribution in [0.1, 0.15) is 12.8 Å². The van der Waals surface area contributed by atoms with Gasteiger partial charge in [-0.1, -0.05) is 0 Å². The summed E-state index contributed by atoms with van der Waals surface area (Å²) in [6.07, 6.45) is 0.360. The van der Waals surface area contributed by atoms with E-state index in [-0.39, 0.29) is 12.8 Å². The van der Waals surface area contributed by atoms with Crippen LogP contribution >= 0.6 is 0 Å². The first-order valence-corrected chi connectivity index (χ1v) is 6.39. The van der Waals surface area contributed by atoms with Crippen molar-refractivity contribution >= 4 is 17.0 Å². The summed E-state index contributed by atoms with van der Waals surface area (Å²) < 4.78 is 25.8. The molecule has 0 spiro atoms. The van der Waals surface area contributed by atoms with E-state index in [2.05, 4.69) is 0 Å². The molecule has 1 aliphatic heterocycles. The van der Waals surface area contributed by atoms with E-state index in [1.165, 1.54) is 5.48 Å². The standard InChI is InChI=1S/C9H18N2O5S/c1-16-7-6-11-4-2-9(3-5-11,17(14)15)8(12)10-13/h13H,2-7H2,1H3,(H,10,12)(H,14,15)/p-1. The molecule has 0 radical (unpaired) electrons. The third-order valence-electron chi connectivity index (χ3n) is 3.11. The van der Waals surface area contributed by atoms with E-state index in [4.69, 9.17) is 9.94 Å². The fourth-order valence-corrected chi connectivity index (χ4v) is 2.64. The zero-order valence-electron chi connectivity index (χ0n) is 9.68. The van der Waals surface area contributed by atoms with Crippen molar-refractivity contribution in [1.29, 1.82) is 0 Å². The molecule has 0 saturated carbocycles. The predicted octanol–water partition coefficient (Wildman–Crippen LogP) is -1.15. The summed E-state index contributed by atoms with van der Waals surface area (Å²) in [5.41, 5.74) is 1.44.